The highest BCUT2D eigenvalue weighted by Gasteiger charge is 2.23. The average Bonchev–Trinajstić information content (AvgIpc) is 3.42. The third kappa shape index (κ3) is 8.81. The van der Waals surface area contributed by atoms with Gasteiger partial charge in [-0.05, 0) is 66.6 Å². The van der Waals surface area contributed by atoms with E-state index in [1.807, 2.05) is 43.5 Å². The topological polar surface area (TPSA) is 102 Å². The van der Waals surface area contributed by atoms with E-state index in [-0.39, 0.29) is 10.8 Å². The molecule has 206 valence electrons. The molecule has 3 N–H and O–H groups in total. The Balaban J connectivity index is 1.79. The number of nitrogens with one attached hydrogen (secondary N) is 1. The van der Waals surface area contributed by atoms with Crippen LogP contribution in [0.5, 0.6) is 5.75 Å². The maximum Gasteiger partial charge on any atom is 0.240 e. The minimum Gasteiger partial charge on any atom is -0.493 e. The Hall–Kier alpha value is -2.43. The van der Waals surface area contributed by atoms with Gasteiger partial charge in [-0.15, -0.1) is 11.3 Å². The monoisotopic (exact) mass is 577 g/mol. The molecule has 1 amide bonds. The van der Waals surface area contributed by atoms with Crippen LogP contribution in [-0.4, -0.2) is 45.0 Å². The van der Waals surface area contributed by atoms with Crippen LogP contribution in [0.1, 0.15) is 42.7 Å². The molecule has 1 atom stereocenters. The van der Waals surface area contributed by atoms with Gasteiger partial charge in [-0.2, -0.15) is 0 Å². The number of thiophene rings is 1. The van der Waals surface area contributed by atoms with Crippen LogP contribution >= 0.6 is 22.9 Å². The Labute approximate surface area is 235 Å². The van der Waals surface area contributed by atoms with E-state index in [1.54, 1.807) is 46.6 Å². The van der Waals surface area contributed by atoms with Crippen molar-refractivity contribution in [3.8, 4) is 5.75 Å². The molecule has 38 heavy (non-hydrogen) atoms. The predicted molar refractivity (Wildman–Crippen MR) is 154 cm³/mol. The summed E-state index contributed by atoms with van der Waals surface area (Å²) >= 11 is 7.86. The molecule has 3 rings (SSSR count). The molecule has 0 saturated carbocycles. The molecule has 0 unspecified atom stereocenters. The quantitative estimate of drug-likeness (QED) is 0.264. The number of hydrogen-bond acceptors (Lipinski definition) is 6. The second-order valence-electron chi connectivity index (χ2n) is 9.04. The van der Waals surface area contributed by atoms with Crippen LogP contribution in [0.3, 0.4) is 0 Å². The van der Waals surface area contributed by atoms with Gasteiger partial charge >= 0.3 is 0 Å². The molecule has 0 bridgehead atoms. The minimum absolute atomic E-state index is 0.164. The Morgan fingerprint density at radius 3 is 2.55 bits per heavy atom. The molecule has 1 aromatic heterocycles. The summed E-state index contributed by atoms with van der Waals surface area (Å²) in [5.41, 5.74) is 8.10. The lowest BCUT2D eigenvalue weighted by atomic mass is 10.1. The van der Waals surface area contributed by atoms with Gasteiger partial charge < -0.3 is 15.4 Å². The van der Waals surface area contributed by atoms with Crippen LogP contribution in [0.2, 0.25) is 5.02 Å². The van der Waals surface area contributed by atoms with Crippen molar-refractivity contribution in [1.29, 1.82) is 0 Å². The summed E-state index contributed by atoms with van der Waals surface area (Å²) in [6, 6.07) is 15.4. The lowest BCUT2D eigenvalue weighted by Gasteiger charge is -2.27. The molecule has 7 nitrogen and oxygen atoms in total. The fraction of sp³-hybridized carbons (Fsp3) is 0.393. The van der Waals surface area contributed by atoms with Gasteiger partial charge in [0.05, 0.1) is 17.5 Å². The lowest BCUT2D eigenvalue weighted by molar-refractivity contribution is -0.133. The molecular formula is C28H36ClN3O4S2. The van der Waals surface area contributed by atoms with E-state index in [0.29, 0.717) is 56.3 Å². The first-order chi connectivity index (χ1) is 18.2. The number of hydrogen-bond donors (Lipinski definition) is 2. The van der Waals surface area contributed by atoms with Gasteiger partial charge in [-0.25, -0.2) is 13.1 Å². The number of carbonyl (C=O) groups is 1. The highest BCUT2D eigenvalue weighted by molar-refractivity contribution is 7.89. The number of sulfonamides is 1. The summed E-state index contributed by atoms with van der Waals surface area (Å²) in [4.78, 5) is 16.5. The first-order valence-corrected chi connectivity index (χ1v) is 15.5. The van der Waals surface area contributed by atoms with E-state index < -0.39 is 16.1 Å². The number of nitrogens with two attached hydrogens (primary N) is 1. The smallest absolute Gasteiger partial charge is 0.240 e. The zero-order valence-electron chi connectivity index (χ0n) is 21.9. The number of halogens is 1. The second-order valence-corrected chi connectivity index (χ2v) is 12.3. The molecule has 10 heteroatoms. The van der Waals surface area contributed by atoms with Crippen LogP contribution in [0.25, 0.3) is 0 Å². The van der Waals surface area contributed by atoms with Crippen molar-refractivity contribution < 1.29 is 17.9 Å². The van der Waals surface area contributed by atoms with Gasteiger partial charge in [-0.1, -0.05) is 43.6 Å². The summed E-state index contributed by atoms with van der Waals surface area (Å²) in [7, 11) is -3.53. The predicted octanol–water partition coefficient (Wildman–Crippen LogP) is 5.02. The standard InChI is InChI=1S/C28H36ClN3O4S2/c1-3-14-31-38(34,35)25-10-7-21(8-11-25)13-15-32(28(33)26(30)19-24-6-5-17-37-24)20-22-18-23(29)9-12-27(22)36-16-4-2/h5-12,17-18,26,31H,3-4,13-16,19-20,30H2,1-2H3/t26-/m0/s1. The number of nitrogens with zero attached hydrogens (tertiary/aromatic N) is 1. The summed E-state index contributed by atoms with van der Waals surface area (Å²) in [6.45, 7) is 5.59. The van der Waals surface area contributed by atoms with Gasteiger partial charge in [0.2, 0.25) is 15.9 Å². The van der Waals surface area contributed by atoms with Gasteiger partial charge in [-0.3, -0.25) is 4.79 Å². The summed E-state index contributed by atoms with van der Waals surface area (Å²) < 4.78 is 33.3. The zero-order chi connectivity index (χ0) is 27.5. The number of carbonyl (C=O) groups excluding carboxylic acids is 1. The van der Waals surface area contributed by atoms with E-state index in [2.05, 4.69) is 4.72 Å². The fourth-order valence-electron chi connectivity index (χ4n) is 3.88. The molecule has 2 aromatic carbocycles. The highest BCUT2D eigenvalue weighted by Crippen LogP contribution is 2.25. The van der Waals surface area contributed by atoms with Crippen molar-refractivity contribution in [3.63, 3.8) is 0 Å². The van der Waals surface area contributed by atoms with E-state index in [4.69, 9.17) is 22.1 Å². The normalized spacial score (nSPS) is 12.3. The molecule has 0 aliphatic heterocycles. The van der Waals surface area contributed by atoms with E-state index in [1.165, 1.54) is 0 Å². The van der Waals surface area contributed by atoms with Crippen LogP contribution in [0, 0.1) is 0 Å². The first-order valence-electron chi connectivity index (χ1n) is 12.8. The first kappa shape index (κ1) is 30.1. The van der Waals surface area contributed by atoms with Crippen LogP contribution < -0.4 is 15.2 Å². The summed E-state index contributed by atoms with van der Waals surface area (Å²) in [5, 5.41) is 2.53. The Kier molecular flexibility index (Phi) is 11.6. The Morgan fingerprint density at radius 1 is 1.13 bits per heavy atom. The number of rotatable bonds is 15. The largest absolute Gasteiger partial charge is 0.493 e. The van der Waals surface area contributed by atoms with Crippen molar-refractivity contribution in [2.24, 2.45) is 5.73 Å². The maximum absolute atomic E-state index is 13.5. The van der Waals surface area contributed by atoms with E-state index in [0.717, 1.165) is 22.4 Å². The van der Waals surface area contributed by atoms with Crippen LogP contribution in [0.15, 0.2) is 64.9 Å². The van der Waals surface area contributed by atoms with Gasteiger partial charge in [0.15, 0.2) is 0 Å². The van der Waals surface area contributed by atoms with E-state index >= 15 is 0 Å². The van der Waals surface area contributed by atoms with Crippen LogP contribution in [0.4, 0.5) is 0 Å². The molecule has 0 radical (unpaired) electrons. The molecular weight excluding hydrogens is 542 g/mol. The fourth-order valence-corrected chi connectivity index (χ4v) is 5.98. The maximum atomic E-state index is 13.5. The number of amides is 1. The Bertz CT molecular complexity index is 1270. The minimum atomic E-state index is -3.53. The van der Waals surface area contributed by atoms with Crippen molar-refractivity contribution in [2.45, 2.75) is 57.0 Å². The van der Waals surface area contributed by atoms with Crippen molar-refractivity contribution in [1.82, 2.24) is 9.62 Å². The van der Waals surface area contributed by atoms with Crippen LogP contribution in [-0.2, 0) is 34.2 Å². The van der Waals surface area contributed by atoms with Crippen molar-refractivity contribution >= 4 is 38.9 Å². The molecule has 0 saturated heterocycles. The SMILES string of the molecule is CCCNS(=O)(=O)c1ccc(CCN(Cc2cc(Cl)ccc2OCCC)C(=O)[C@@H](N)Cc2cccs2)cc1. The molecule has 0 fully saturated rings. The molecule has 0 aliphatic carbocycles. The van der Waals surface area contributed by atoms with E-state index in [9.17, 15) is 13.2 Å². The van der Waals surface area contributed by atoms with Crippen molar-refractivity contribution in [3.05, 3.63) is 81.0 Å². The summed E-state index contributed by atoms with van der Waals surface area (Å²) in [6.07, 6.45) is 2.56. The number of ether oxygens (including phenoxy) is 1. The lowest BCUT2D eigenvalue weighted by Crippen LogP contribution is -2.45. The summed E-state index contributed by atoms with van der Waals surface area (Å²) in [5.74, 6) is 0.526. The second kappa shape index (κ2) is 14.6. The van der Waals surface area contributed by atoms with Gasteiger partial charge in [0, 0.05) is 41.5 Å². The van der Waals surface area contributed by atoms with Gasteiger partial charge in [0.25, 0.3) is 0 Å². The van der Waals surface area contributed by atoms with Gasteiger partial charge in [0.1, 0.15) is 5.75 Å². The third-order valence-electron chi connectivity index (χ3n) is 5.92. The average molecular weight is 578 g/mol. The molecule has 0 spiro atoms. The molecule has 1 heterocycles. The highest BCUT2D eigenvalue weighted by atomic mass is 35.5. The third-order valence-corrected chi connectivity index (χ3v) is 8.53. The zero-order valence-corrected chi connectivity index (χ0v) is 24.2. The Morgan fingerprint density at radius 2 is 1.89 bits per heavy atom. The van der Waals surface area contributed by atoms with Crippen molar-refractivity contribution in [2.75, 3.05) is 19.7 Å². The molecule has 3 aromatic rings. The molecule has 0 aliphatic rings. The number of benzene rings is 2.